The topological polar surface area (TPSA) is 68.2 Å². The van der Waals surface area contributed by atoms with Gasteiger partial charge in [0, 0.05) is 38.3 Å². The second kappa shape index (κ2) is 8.31. The van der Waals surface area contributed by atoms with E-state index in [-0.39, 0.29) is 11.9 Å². The van der Waals surface area contributed by atoms with Gasteiger partial charge < -0.3 is 9.64 Å². The van der Waals surface area contributed by atoms with Crippen molar-refractivity contribution >= 4 is 5.91 Å². The van der Waals surface area contributed by atoms with Crippen LogP contribution in [0.25, 0.3) is 11.4 Å². The average molecular weight is 348 g/mol. The lowest BCUT2D eigenvalue weighted by atomic mass is 10.1. The van der Waals surface area contributed by atoms with Crippen LogP contribution in [0.2, 0.25) is 0 Å². The molecule has 0 saturated heterocycles. The molecule has 1 aromatic carbocycles. The summed E-state index contributed by atoms with van der Waals surface area (Å²) < 4.78 is 5.28. The van der Waals surface area contributed by atoms with Crippen LogP contribution >= 0.6 is 0 Å². The molecule has 0 aliphatic rings. The van der Waals surface area contributed by atoms with E-state index < -0.39 is 0 Å². The third kappa shape index (κ3) is 3.92. The van der Waals surface area contributed by atoms with Gasteiger partial charge in [-0.1, -0.05) is 36.4 Å². The molecule has 0 spiro atoms. The van der Waals surface area contributed by atoms with Crippen LogP contribution in [-0.4, -0.2) is 46.5 Å². The van der Waals surface area contributed by atoms with E-state index in [1.807, 2.05) is 48.5 Å². The molecule has 0 bridgehead atoms. The summed E-state index contributed by atoms with van der Waals surface area (Å²) in [6, 6.07) is 15.0. The lowest BCUT2D eigenvalue weighted by Crippen LogP contribution is -2.34. The molecular formula is C20H20N4O2. The first-order valence-corrected chi connectivity index (χ1v) is 8.25. The van der Waals surface area contributed by atoms with Gasteiger partial charge in [-0.3, -0.25) is 9.78 Å². The zero-order valence-corrected chi connectivity index (χ0v) is 14.7. The summed E-state index contributed by atoms with van der Waals surface area (Å²) in [5.74, 6) is 0.403. The molecule has 0 aliphatic heterocycles. The Morgan fingerprint density at radius 3 is 2.35 bits per heavy atom. The fraction of sp³-hybridized carbons (Fsp3) is 0.200. The van der Waals surface area contributed by atoms with Gasteiger partial charge in [-0.05, 0) is 12.1 Å². The lowest BCUT2D eigenvalue weighted by molar-refractivity contribution is 0.0594. The van der Waals surface area contributed by atoms with Crippen molar-refractivity contribution < 1.29 is 9.53 Å². The van der Waals surface area contributed by atoms with Crippen molar-refractivity contribution in [3.05, 3.63) is 78.4 Å². The minimum atomic E-state index is -0.289. The second-order valence-electron chi connectivity index (χ2n) is 5.80. The molecule has 0 radical (unpaired) electrons. The summed E-state index contributed by atoms with van der Waals surface area (Å²) in [6.07, 6.45) is 4.81. The molecule has 0 aliphatic carbocycles. The van der Waals surface area contributed by atoms with Gasteiger partial charge in [0.1, 0.15) is 0 Å². The van der Waals surface area contributed by atoms with Crippen LogP contribution < -0.4 is 0 Å². The van der Waals surface area contributed by atoms with E-state index in [0.717, 1.165) is 11.3 Å². The third-order valence-electron chi connectivity index (χ3n) is 4.07. The standard InChI is InChI=1S/C20H20N4O2/c1-24(18(14-26-2)17-10-6-7-11-21-17)20(25)16-12-22-19(23-13-16)15-8-4-3-5-9-15/h3-13,18H,14H2,1-2H3/t18-/m1/s1. The van der Waals surface area contributed by atoms with Crippen LogP contribution in [0.3, 0.4) is 0 Å². The number of hydrogen-bond acceptors (Lipinski definition) is 5. The van der Waals surface area contributed by atoms with Crippen molar-refractivity contribution in [1.82, 2.24) is 19.9 Å². The number of rotatable bonds is 6. The number of amides is 1. The highest BCUT2D eigenvalue weighted by Crippen LogP contribution is 2.20. The van der Waals surface area contributed by atoms with E-state index in [1.54, 1.807) is 37.6 Å². The molecule has 0 saturated carbocycles. The Labute approximate surface area is 152 Å². The summed E-state index contributed by atoms with van der Waals surface area (Å²) in [4.78, 5) is 27.4. The first-order valence-electron chi connectivity index (χ1n) is 8.25. The molecule has 132 valence electrons. The first-order chi connectivity index (χ1) is 12.7. The van der Waals surface area contributed by atoms with Gasteiger partial charge in [0.2, 0.25) is 0 Å². The summed E-state index contributed by atoms with van der Waals surface area (Å²) >= 11 is 0. The third-order valence-corrected chi connectivity index (χ3v) is 4.07. The van der Waals surface area contributed by atoms with E-state index >= 15 is 0 Å². The Hall–Kier alpha value is -3.12. The second-order valence-corrected chi connectivity index (χ2v) is 5.80. The highest BCUT2D eigenvalue weighted by atomic mass is 16.5. The number of carbonyl (C=O) groups excluding carboxylic acids is 1. The number of hydrogen-bond donors (Lipinski definition) is 0. The quantitative estimate of drug-likeness (QED) is 0.685. The number of pyridine rings is 1. The van der Waals surface area contributed by atoms with Crippen molar-refractivity contribution in [1.29, 1.82) is 0 Å². The predicted molar refractivity (Wildman–Crippen MR) is 98.4 cm³/mol. The molecule has 1 atom stereocenters. The van der Waals surface area contributed by atoms with Crippen molar-refractivity contribution in [2.45, 2.75) is 6.04 Å². The molecule has 6 nitrogen and oxygen atoms in total. The maximum atomic E-state index is 12.8. The summed E-state index contributed by atoms with van der Waals surface area (Å²) in [6.45, 7) is 0.349. The van der Waals surface area contributed by atoms with Crippen molar-refractivity contribution in [3.8, 4) is 11.4 Å². The molecule has 0 N–H and O–H groups in total. The zero-order valence-electron chi connectivity index (χ0n) is 14.7. The monoisotopic (exact) mass is 348 g/mol. The molecule has 26 heavy (non-hydrogen) atoms. The van der Waals surface area contributed by atoms with E-state index in [9.17, 15) is 4.79 Å². The Bertz CT molecular complexity index is 839. The lowest BCUT2D eigenvalue weighted by Gasteiger charge is -2.27. The smallest absolute Gasteiger partial charge is 0.257 e. The van der Waals surface area contributed by atoms with Gasteiger partial charge in [0.05, 0.1) is 23.9 Å². The maximum Gasteiger partial charge on any atom is 0.257 e. The molecule has 6 heteroatoms. The van der Waals surface area contributed by atoms with Gasteiger partial charge in [-0.2, -0.15) is 0 Å². The molecule has 3 rings (SSSR count). The first kappa shape index (κ1) is 17.7. The van der Waals surface area contributed by atoms with Gasteiger partial charge >= 0.3 is 0 Å². The largest absolute Gasteiger partial charge is 0.382 e. The van der Waals surface area contributed by atoms with Gasteiger partial charge in [-0.15, -0.1) is 0 Å². The number of benzene rings is 1. The highest BCUT2D eigenvalue weighted by molar-refractivity contribution is 5.93. The summed E-state index contributed by atoms with van der Waals surface area (Å²) in [5, 5.41) is 0. The van der Waals surface area contributed by atoms with E-state index in [4.69, 9.17) is 4.74 Å². The average Bonchev–Trinajstić information content (AvgIpc) is 2.72. The van der Waals surface area contributed by atoms with Gasteiger partial charge in [0.25, 0.3) is 5.91 Å². The molecule has 0 fully saturated rings. The van der Waals surface area contributed by atoms with Crippen molar-refractivity contribution in [2.75, 3.05) is 20.8 Å². The van der Waals surface area contributed by atoms with Crippen LogP contribution in [0, 0.1) is 0 Å². The Balaban J connectivity index is 1.81. The van der Waals surface area contributed by atoms with E-state index in [1.165, 1.54) is 0 Å². The molecule has 3 aromatic rings. The fourth-order valence-corrected chi connectivity index (χ4v) is 2.65. The highest BCUT2D eigenvalue weighted by Gasteiger charge is 2.24. The predicted octanol–water partition coefficient (Wildman–Crippen LogP) is 3.00. The molecule has 2 aromatic heterocycles. The van der Waals surface area contributed by atoms with Crippen LogP contribution in [0.4, 0.5) is 0 Å². The Morgan fingerprint density at radius 1 is 1.04 bits per heavy atom. The van der Waals surface area contributed by atoms with Crippen LogP contribution in [-0.2, 0) is 4.74 Å². The Kier molecular flexibility index (Phi) is 5.66. The number of aromatic nitrogens is 3. The molecule has 2 heterocycles. The number of methoxy groups -OCH3 is 1. The van der Waals surface area contributed by atoms with Crippen LogP contribution in [0.15, 0.2) is 67.1 Å². The Morgan fingerprint density at radius 2 is 1.73 bits per heavy atom. The molecule has 1 amide bonds. The van der Waals surface area contributed by atoms with Crippen molar-refractivity contribution in [2.24, 2.45) is 0 Å². The number of carbonyl (C=O) groups is 1. The van der Waals surface area contributed by atoms with Crippen LogP contribution in [0.5, 0.6) is 0 Å². The van der Waals surface area contributed by atoms with E-state index in [0.29, 0.717) is 18.0 Å². The van der Waals surface area contributed by atoms with Gasteiger partial charge in [0.15, 0.2) is 5.82 Å². The van der Waals surface area contributed by atoms with Crippen LogP contribution in [0.1, 0.15) is 22.1 Å². The molecular weight excluding hydrogens is 328 g/mol. The minimum Gasteiger partial charge on any atom is -0.382 e. The number of ether oxygens (including phenoxy) is 1. The SMILES string of the molecule is COC[C@H](c1ccccn1)N(C)C(=O)c1cnc(-c2ccccc2)nc1. The minimum absolute atomic E-state index is 0.183. The summed E-state index contributed by atoms with van der Waals surface area (Å²) in [7, 11) is 3.33. The van der Waals surface area contributed by atoms with Crippen molar-refractivity contribution in [3.63, 3.8) is 0 Å². The number of nitrogens with zero attached hydrogens (tertiary/aromatic N) is 4. The zero-order chi connectivity index (χ0) is 18.4. The summed E-state index contributed by atoms with van der Waals surface area (Å²) in [5.41, 5.74) is 2.10. The van der Waals surface area contributed by atoms with E-state index in [2.05, 4.69) is 15.0 Å². The molecule has 0 unspecified atom stereocenters. The normalized spacial score (nSPS) is 11.8. The number of likely N-dealkylation sites (N-methyl/N-ethyl adjacent to an activating group) is 1. The van der Waals surface area contributed by atoms with Gasteiger partial charge in [-0.25, -0.2) is 9.97 Å². The maximum absolute atomic E-state index is 12.8. The fourth-order valence-electron chi connectivity index (χ4n) is 2.65.